The molecule has 138 valence electrons. The van der Waals surface area contributed by atoms with Crippen molar-refractivity contribution in [2.24, 2.45) is 0 Å². The number of benzene rings is 2. The van der Waals surface area contributed by atoms with Crippen LogP contribution >= 0.6 is 0 Å². The predicted molar refractivity (Wildman–Crippen MR) is 108 cm³/mol. The predicted octanol–water partition coefficient (Wildman–Crippen LogP) is 4.06. The van der Waals surface area contributed by atoms with Crippen molar-refractivity contribution in [2.75, 3.05) is 18.8 Å². The van der Waals surface area contributed by atoms with Crippen LogP contribution in [0.3, 0.4) is 0 Å². The van der Waals surface area contributed by atoms with E-state index in [1.165, 1.54) is 12.0 Å². The smallest absolute Gasteiger partial charge is 0.253 e. The van der Waals surface area contributed by atoms with Gasteiger partial charge in [-0.25, -0.2) is 4.68 Å². The molecule has 1 aliphatic rings. The molecule has 3 aromatic rings. The van der Waals surface area contributed by atoms with Crippen LogP contribution in [0.15, 0.2) is 54.6 Å². The van der Waals surface area contributed by atoms with E-state index >= 15 is 0 Å². The number of carbonyl (C=O) groups is 1. The Labute approximate surface area is 159 Å². The lowest BCUT2D eigenvalue weighted by Crippen LogP contribution is -2.35. The summed E-state index contributed by atoms with van der Waals surface area (Å²) in [6.07, 6.45) is 3.40. The van der Waals surface area contributed by atoms with E-state index < -0.39 is 0 Å². The van der Waals surface area contributed by atoms with Crippen molar-refractivity contribution >= 4 is 11.7 Å². The highest BCUT2D eigenvalue weighted by Crippen LogP contribution is 2.24. The molecular weight excluding hydrogens is 336 g/mol. The third kappa shape index (κ3) is 3.58. The van der Waals surface area contributed by atoms with Gasteiger partial charge in [0.1, 0.15) is 5.82 Å². The van der Waals surface area contributed by atoms with Crippen molar-refractivity contribution in [3.05, 3.63) is 65.7 Å². The number of hydrogen-bond donors (Lipinski definition) is 1. The lowest BCUT2D eigenvalue weighted by atomic mass is 10.1. The van der Waals surface area contributed by atoms with E-state index in [2.05, 4.69) is 24.2 Å². The molecule has 2 heterocycles. The minimum atomic E-state index is 0.107. The zero-order valence-corrected chi connectivity index (χ0v) is 15.6. The van der Waals surface area contributed by atoms with E-state index in [1.807, 2.05) is 47.4 Å². The molecule has 5 heteroatoms. The van der Waals surface area contributed by atoms with Crippen molar-refractivity contribution in [3.8, 4) is 16.9 Å². The van der Waals surface area contributed by atoms with Crippen LogP contribution in [0.2, 0.25) is 0 Å². The molecular formula is C22H24N4O. The van der Waals surface area contributed by atoms with Gasteiger partial charge in [-0.3, -0.25) is 4.79 Å². The van der Waals surface area contributed by atoms with Crippen LogP contribution < -0.4 is 5.73 Å². The zero-order chi connectivity index (χ0) is 18.8. The summed E-state index contributed by atoms with van der Waals surface area (Å²) in [5, 5.41) is 4.65. The molecule has 27 heavy (non-hydrogen) atoms. The Hall–Kier alpha value is -3.08. The van der Waals surface area contributed by atoms with Gasteiger partial charge in [-0.2, -0.15) is 5.10 Å². The highest BCUT2D eigenvalue weighted by Gasteiger charge is 2.18. The third-order valence-electron chi connectivity index (χ3n) is 5.05. The second-order valence-corrected chi connectivity index (χ2v) is 7.14. The van der Waals surface area contributed by atoms with Crippen LogP contribution in [0.25, 0.3) is 16.9 Å². The van der Waals surface area contributed by atoms with Gasteiger partial charge < -0.3 is 10.6 Å². The van der Waals surface area contributed by atoms with Crippen molar-refractivity contribution in [3.63, 3.8) is 0 Å². The average Bonchev–Trinajstić information content (AvgIpc) is 3.10. The number of hydrogen-bond acceptors (Lipinski definition) is 3. The monoisotopic (exact) mass is 360 g/mol. The number of aromatic nitrogens is 2. The second kappa shape index (κ2) is 7.27. The van der Waals surface area contributed by atoms with Gasteiger partial charge in [-0.1, -0.05) is 23.8 Å². The van der Waals surface area contributed by atoms with Crippen molar-refractivity contribution < 1.29 is 4.79 Å². The highest BCUT2D eigenvalue weighted by atomic mass is 16.2. The Bertz CT molecular complexity index is 953. The first-order chi connectivity index (χ1) is 13.1. The molecule has 1 aliphatic heterocycles. The average molecular weight is 360 g/mol. The van der Waals surface area contributed by atoms with E-state index in [9.17, 15) is 4.79 Å². The Morgan fingerprint density at radius 1 is 1.00 bits per heavy atom. The summed E-state index contributed by atoms with van der Waals surface area (Å²) in [5.41, 5.74) is 10.8. The van der Waals surface area contributed by atoms with Crippen LogP contribution in [0, 0.1) is 6.92 Å². The van der Waals surface area contributed by atoms with Crippen LogP contribution in [-0.4, -0.2) is 33.7 Å². The van der Waals surface area contributed by atoms with Crippen molar-refractivity contribution in [1.82, 2.24) is 14.7 Å². The molecule has 0 atom stereocenters. The maximum atomic E-state index is 12.6. The van der Waals surface area contributed by atoms with Gasteiger partial charge in [-0.05, 0) is 56.5 Å². The standard InChI is InChI=1S/C22H24N4O/c1-16-6-5-7-18(14-16)20-15-21(23)26(24-20)19-10-8-17(9-11-19)22(27)25-12-3-2-4-13-25/h5-11,14-15H,2-4,12-13,23H2,1H3. The minimum absolute atomic E-state index is 0.107. The Morgan fingerprint density at radius 2 is 1.74 bits per heavy atom. The summed E-state index contributed by atoms with van der Waals surface area (Å²) in [7, 11) is 0. The second-order valence-electron chi connectivity index (χ2n) is 7.14. The molecule has 0 radical (unpaired) electrons. The molecule has 0 spiro atoms. The molecule has 1 amide bonds. The number of amides is 1. The number of carbonyl (C=O) groups excluding carboxylic acids is 1. The number of rotatable bonds is 3. The molecule has 0 saturated carbocycles. The summed E-state index contributed by atoms with van der Waals surface area (Å²) in [5.74, 6) is 0.678. The molecule has 2 aromatic carbocycles. The Balaban J connectivity index is 1.58. The molecule has 0 bridgehead atoms. The van der Waals surface area contributed by atoms with E-state index in [0.717, 1.165) is 42.9 Å². The molecule has 0 aliphatic carbocycles. The van der Waals surface area contributed by atoms with Crippen LogP contribution in [-0.2, 0) is 0 Å². The summed E-state index contributed by atoms with van der Waals surface area (Å²) in [6.45, 7) is 3.76. The van der Waals surface area contributed by atoms with Crippen LogP contribution in [0.4, 0.5) is 5.82 Å². The Kier molecular flexibility index (Phi) is 4.67. The van der Waals surface area contributed by atoms with E-state index in [4.69, 9.17) is 5.73 Å². The summed E-state index contributed by atoms with van der Waals surface area (Å²) < 4.78 is 1.72. The summed E-state index contributed by atoms with van der Waals surface area (Å²) in [4.78, 5) is 14.6. The number of nitrogen functional groups attached to an aromatic ring is 1. The fourth-order valence-corrected chi connectivity index (χ4v) is 3.57. The minimum Gasteiger partial charge on any atom is -0.384 e. The van der Waals surface area contributed by atoms with Gasteiger partial charge in [0, 0.05) is 30.3 Å². The zero-order valence-electron chi connectivity index (χ0n) is 15.6. The fraction of sp³-hybridized carbons (Fsp3) is 0.273. The number of likely N-dealkylation sites (tertiary alicyclic amines) is 1. The quantitative estimate of drug-likeness (QED) is 0.766. The lowest BCUT2D eigenvalue weighted by Gasteiger charge is -2.26. The molecule has 1 fully saturated rings. The van der Waals surface area contributed by atoms with E-state index in [0.29, 0.717) is 11.4 Å². The normalized spacial score (nSPS) is 14.3. The summed E-state index contributed by atoms with van der Waals surface area (Å²) >= 11 is 0. The topological polar surface area (TPSA) is 64.2 Å². The maximum absolute atomic E-state index is 12.6. The molecule has 4 rings (SSSR count). The number of piperidine rings is 1. The molecule has 5 nitrogen and oxygen atoms in total. The molecule has 1 saturated heterocycles. The largest absolute Gasteiger partial charge is 0.384 e. The van der Waals surface area contributed by atoms with Gasteiger partial charge >= 0.3 is 0 Å². The van der Waals surface area contributed by atoms with Gasteiger partial charge in [0.25, 0.3) is 5.91 Å². The maximum Gasteiger partial charge on any atom is 0.253 e. The molecule has 2 N–H and O–H groups in total. The van der Waals surface area contributed by atoms with Gasteiger partial charge in [0.2, 0.25) is 0 Å². The van der Waals surface area contributed by atoms with Crippen LogP contribution in [0.5, 0.6) is 0 Å². The van der Waals surface area contributed by atoms with E-state index in [-0.39, 0.29) is 5.91 Å². The highest BCUT2D eigenvalue weighted by molar-refractivity contribution is 5.94. The van der Waals surface area contributed by atoms with E-state index in [1.54, 1.807) is 4.68 Å². The first kappa shape index (κ1) is 17.3. The summed E-state index contributed by atoms with van der Waals surface area (Å²) in [6, 6.07) is 17.6. The van der Waals surface area contributed by atoms with Crippen molar-refractivity contribution in [2.45, 2.75) is 26.2 Å². The van der Waals surface area contributed by atoms with Gasteiger partial charge in [0.05, 0.1) is 11.4 Å². The first-order valence-corrected chi connectivity index (χ1v) is 9.44. The Morgan fingerprint density at radius 3 is 2.44 bits per heavy atom. The number of anilines is 1. The fourth-order valence-electron chi connectivity index (χ4n) is 3.57. The third-order valence-corrected chi connectivity index (χ3v) is 5.05. The number of aryl methyl sites for hydroxylation is 1. The van der Waals surface area contributed by atoms with Gasteiger partial charge in [0.15, 0.2) is 0 Å². The molecule has 1 aromatic heterocycles. The van der Waals surface area contributed by atoms with Gasteiger partial charge in [-0.15, -0.1) is 0 Å². The lowest BCUT2D eigenvalue weighted by molar-refractivity contribution is 0.0724. The van der Waals surface area contributed by atoms with Crippen molar-refractivity contribution in [1.29, 1.82) is 0 Å². The number of nitrogens with two attached hydrogens (primary N) is 1. The first-order valence-electron chi connectivity index (χ1n) is 9.44. The van der Waals surface area contributed by atoms with Crippen LogP contribution in [0.1, 0.15) is 35.2 Å². The number of nitrogens with zero attached hydrogens (tertiary/aromatic N) is 3. The SMILES string of the molecule is Cc1cccc(-c2cc(N)n(-c3ccc(C(=O)N4CCCCC4)cc3)n2)c1. The molecule has 0 unspecified atom stereocenters.